The molecule has 0 aromatic heterocycles. The lowest BCUT2D eigenvalue weighted by molar-refractivity contribution is 0.248. The first-order valence-corrected chi connectivity index (χ1v) is 7.17. The molecular formula is C15H24ClNO2. The zero-order chi connectivity index (χ0) is 14.4. The number of rotatable bonds is 7. The van der Waals surface area contributed by atoms with E-state index in [0.717, 1.165) is 5.69 Å². The molecule has 19 heavy (non-hydrogen) atoms. The maximum atomic E-state index is 6.29. The maximum absolute atomic E-state index is 6.29. The summed E-state index contributed by atoms with van der Waals surface area (Å²) < 4.78 is 11.4. The second-order valence-electron chi connectivity index (χ2n) is 5.22. The number of nitrogens with one attached hydrogen (secondary N) is 1. The lowest BCUT2D eigenvalue weighted by Crippen LogP contribution is -2.11. The van der Waals surface area contributed by atoms with Crippen molar-refractivity contribution >= 4 is 17.3 Å². The highest BCUT2D eigenvalue weighted by molar-refractivity contribution is 6.32. The van der Waals surface area contributed by atoms with Crippen LogP contribution in [0.4, 0.5) is 5.69 Å². The zero-order valence-corrected chi connectivity index (χ0v) is 13.2. The van der Waals surface area contributed by atoms with Crippen molar-refractivity contribution in [1.82, 2.24) is 0 Å². The SMILES string of the molecule is CCOc1cc(NC(C)C)cc(Cl)c1OCC(C)C. The molecule has 0 aliphatic rings. The van der Waals surface area contributed by atoms with Gasteiger partial charge in [-0.1, -0.05) is 25.4 Å². The molecule has 0 unspecified atom stereocenters. The summed E-state index contributed by atoms with van der Waals surface area (Å²) in [6.07, 6.45) is 0. The molecule has 1 N–H and O–H groups in total. The van der Waals surface area contributed by atoms with Crippen LogP contribution in [0.3, 0.4) is 0 Å². The van der Waals surface area contributed by atoms with E-state index in [1.54, 1.807) is 0 Å². The van der Waals surface area contributed by atoms with E-state index >= 15 is 0 Å². The van der Waals surface area contributed by atoms with E-state index < -0.39 is 0 Å². The average molecular weight is 286 g/mol. The predicted molar refractivity (Wildman–Crippen MR) is 81.7 cm³/mol. The van der Waals surface area contributed by atoms with Crippen LogP contribution >= 0.6 is 11.6 Å². The molecule has 0 spiro atoms. The first-order valence-electron chi connectivity index (χ1n) is 6.79. The third kappa shape index (κ3) is 5.19. The Labute approximate surface area is 121 Å². The fraction of sp³-hybridized carbons (Fsp3) is 0.600. The summed E-state index contributed by atoms with van der Waals surface area (Å²) in [5, 5.41) is 3.89. The van der Waals surface area contributed by atoms with Crippen molar-refractivity contribution in [3.63, 3.8) is 0 Å². The number of hydrogen-bond donors (Lipinski definition) is 1. The van der Waals surface area contributed by atoms with Crippen molar-refractivity contribution in [3.8, 4) is 11.5 Å². The molecule has 0 aliphatic heterocycles. The molecule has 0 fully saturated rings. The van der Waals surface area contributed by atoms with Crippen molar-refractivity contribution in [1.29, 1.82) is 0 Å². The lowest BCUT2D eigenvalue weighted by atomic mass is 10.2. The predicted octanol–water partition coefficient (Wildman–Crippen LogP) is 4.59. The van der Waals surface area contributed by atoms with Crippen LogP contribution in [-0.4, -0.2) is 19.3 Å². The van der Waals surface area contributed by atoms with Crippen LogP contribution < -0.4 is 14.8 Å². The van der Waals surface area contributed by atoms with Gasteiger partial charge in [-0.05, 0) is 32.8 Å². The summed E-state index contributed by atoms with van der Waals surface area (Å²) in [6, 6.07) is 4.15. The third-order valence-electron chi connectivity index (χ3n) is 2.33. The minimum absolute atomic E-state index is 0.341. The van der Waals surface area contributed by atoms with Crippen molar-refractivity contribution in [2.24, 2.45) is 5.92 Å². The van der Waals surface area contributed by atoms with Crippen LogP contribution in [0.25, 0.3) is 0 Å². The number of ether oxygens (including phenoxy) is 2. The molecule has 0 radical (unpaired) electrons. The molecule has 3 nitrogen and oxygen atoms in total. The van der Waals surface area contributed by atoms with Crippen molar-refractivity contribution in [2.45, 2.75) is 40.7 Å². The summed E-state index contributed by atoms with van der Waals surface area (Å²) in [6.45, 7) is 11.5. The van der Waals surface area contributed by atoms with E-state index in [-0.39, 0.29) is 0 Å². The van der Waals surface area contributed by atoms with E-state index in [9.17, 15) is 0 Å². The van der Waals surface area contributed by atoms with Gasteiger partial charge in [0, 0.05) is 17.8 Å². The Morgan fingerprint density at radius 1 is 1.16 bits per heavy atom. The average Bonchev–Trinajstić information content (AvgIpc) is 2.26. The summed E-state index contributed by atoms with van der Waals surface area (Å²) in [5.41, 5.74) is 0.945. The van der Waals surface area contributed by atoms with Gasteiger partial charge in [-0.25, -0.2) is 0 Å². The molecule has 1 aromatic rings. The maximum Gasteiger partial charge on any atom is 0.179 e. The summed E-state index contributed by atoms with van der Waals surface area (Å²) in [4.78, 5) is 0. The Morgan fingerprint density at radius 3 is 2.37 bits per heavy atom. The Kier molecular flexibility index (Phi) is 6.29. The van der Waals surface area contributed by atoms with Crippen molar-refractivity contribution in [2.75, 3.05) is 18.5 Å². The van der Waals surface area contributed by atoms with E-state index in [0.29, 0.717) is 41.7 Å². The van der Waals surface area contributed by atoms with Gasteiger partial charge in [0.1, 0.15) is 0 Å². The topological polar surface area (TPSA) is 30.5 Å². The van der Waals surface area contributed by atoms with Crippen molar-refractivity contribution in [3.05, 3.63) is 17.2 Å². The van der Waals surface area contributed by atoms with Gasteiger partial charge in [-0.15, -0.1) is 0 Å². The third-order valence-corrected chi connectivity index (χ3v) is 2.61. The van der Waals surface area contributed by atoms with Gasteiger partial charge < -0.3 is 14.8 Å². The number of benzene rings is 1. The smallest absolute Gasteiger partial charge is 0.179 e. The highest BCUT2D eigenvalue weighted by Crippen LogP contribution is 2.38. The highest BCUT2D eigenvalue weighted by atomic mass is 35.5. The van der Waals surface area contributed by atoms with Crippen LogP contribution in [-0.2, 0) is 0 Å². The largest absolute Gasteiger partial charge is 0.490 e. The molecular weight excluding hydrogens is 262 g/mol. The van der Waals surface area contributed by atoms with E-state index in [1.165, 1.54) is 0 Å². The van der Waals surface area contributed by atoms with Crippen molar-refractivity contribution < 1.29 is 9.47 Å². The molecule has 0 saturated heterocycles. The van der Waals surface area contributed by atoms with E-state index in [4.69, 9.17) is 21.1 Å². The Bertz CT molecular complexity index is 405. The number of halogens is 1. The molecule has 0 saturated carbocycles. The first-order chi connectivity index (χ1) is 8.93. The molecule has 0 amide bonds. The van der Waals surface area contributed by atoms with E-state index in [1.807, 2.05) is 19.1 Å². The van der Waals surface area contributed by atoms with Crippen LogP contribution in [0.15, 0.2) is 12.1 Å². The Hall–Kier alpha value is -1.09. The molecule has 0 heterocycles. The van der Waals surface area contributed by atoms with Gasteiger partial charge in [-0.3, -0.25) is 0 Å². The minimum Gasteiger partial charge on any atom is -0.490 e. The highest BCUT2D eigenvalue weighted by Gasteiger charge is 2.13. The fourth-order valence-electron chi connectivity index (χ4n) is 1.64. The Morgan fingerprint density at radius 2 is 1.84 bits per heavy atom. The quantitative estimate of drug-likeness (QED) is 0.794. The number of hydrogen-bond acceptors (Lipinski definition) is 3. The van der Waals surface area contributed by atoms with Crippen LogP contribution in [0, 0.1) is 5.92 Å². The van der Waals surface area contributed by atoms with Crippen LogP contribution in [0.5, 0.6) is 11.5 Å². The molecule has 4 heteroatoms. The second-order valence-corrected chi connectivity index (χ2v) is 5.63. The van der Waals surface area contributed by atoms with Gasteiger partial charge in [-0.2, -0.15) is 0 Å². The Balaban J connectivity index is 3.00. The molecule has 1 aromatic carbocycles. The van der Waals surface area contributed by atoms with Crippen LogP contribution in [0.2, 0.25) is 5.02 Å². The molecule has 1 rings (SSSR count). The summed E-state index contributed by atoms with van der Waals surface area (Å²) >= 11 is 6.29. The molecule has 0 atom stereocenters. The van der Waals surface area contributed by atoms with Gasteiger partial charge >= 0.3 is 0 Å². The van der Waals surface area contributed by atoms with Crippen LogP contribution in [0.1, 0.15) is 34.6 Å². The normalized spacial score (nSPS) is 10.9. The van der Waals surface area contributed by atoms with E-state index in [2.05, 4.69) is 33.0 Å². The molecule has 0 bridgehead atoms. The second kappa shape index (κ2) is 7.49. The van der Waals surface area contributed by atoms with Gasteiger partial charge in [0.2, 0.25) is 0 Å². The zero-order valence-electron chi connectivity index (χ0n) is 12.4. The monoisotopic (exact) mass is 285 g/mol. The van der Waals surface area contributed by atoms with Gasteiger partial charge in [0.05, 0.1) is 18.2 Å². The first kappa shape index (κ1) is 16.0. The molecule has 108 valence electrons. The standard InChI is InChI=1S/C15H24ClNO2/c1-6-18-14-8-12(17-11(4)5)7-13(16)15(14)19-9-10(2)3/h7-8,10-11,17H,6,9H2,1-5H3. The lowest BCUT2D eigenvalue weighted by Gasteiger charge is -2.18. The summed E-state index contributed by atoms with van der Waals surface area (Å²) in [5.74, 6) is 1.77. The minimum atomic E-state index is 0.341. The van der Waals surface area contributed by atoms with Gasteiger partial charge in [0.25, 0.3) is 0 Å². The molecule has 0 aliphatic carbocycles. The summed E-state index contributed by atoms with van der Waals surface area (Å²) in [7, 11) is 0. The number of anilines is 1. The fourth-order valence-corrected chi connectivity index (χ4v) is 1.90. The van der Waals surface area contributed by atoms with Gasteiger partial charge in [0.15, 0.2) is 11.5 Å².